The van der Waals surface area contributed by atoms with Crippen molar-refractivity contribution in [2.75, 3.05) is 6.54 Å². The largest absolute Gasteiger partial charge is 0.334 e. The number of benzene rings is 1. The number of nitrogens with zero attached hydrogens (tertiary/aromatic N) is 1. The van der Waals surface area contributed by atoms with Crippen LogP contribution in [0.15, 0.2) is 24.3 Å². The first-order chi connectivity index (χ1) is 8.75. The van der Waals surface area contributed by atoms with Crippen LogP contribution in [0.1, 0.15) is 41.6 Å². The van der Waals surface area contributed by atoms with E-state index in [-0.39, 0.29) is 11.8 Å². The number of rotatable bonds is 2. The van der Waals surface area contributed by atoms with E-state index >= 15 is 0 Å². The van der Waals surface area contributed by atoms with Crippen molar-refractivity contribution in [3.8, 4) is 0 Å². The maximum absolute atomic E-state index is 12.2. The number of ketones is 1. The summed E-state index contributed by atoms with van der Waals surface area (Å²) in [5, 5.41) is 0. The van der Waals surface area contributed by atoms with Crippen molar-refractivity contribution < 1.29 is 9.59 Å². The molecule has 0 saturated heterocycles. The number of carbonyl (C=O) groups is 2. The lowest BCUT2D eigenvalue weighted by atomic mass is 9.87. The van der Waals surface area contributed by atoms with E-state index in [0.717, 1.165) is 30.4 Å². The average Bonchev–Trinajstić information content (AvgIpc) is 2.70. The zero-order chi connectivity index (χ0) is 12.5. The topological polar surface area (TPSA) is 37.4 Å². The van der Waals surface area contributed by atoms with Crippen molar-refractivity contribution in [1.29, 1.82) is 0 Å². The van der Waals surface area contributed by atoms with Crippen molar-refractivity contribution in [2.45, 2.75) is 32.2 Å². The van der Waals surface area contributed by atoms with Crippen LogP contribution in [-0.2, 0) is 11.3 Å². The smallest absolute Gasteiger partial charge is 0.254 e. The van der Waals surface area contributed by atoms with E-state index in [9.17, 15) is 9.59 Å². The highest BCUT2D eigenvalue weighted by Crippen LogP contribution is 2.27. The van der Waals surface area contributed by atoms with Crippen LogP contribution in [0.2, 0.25) is 0 Å². The van der Waals surface area contributed by atoms with Gasteiger partial charge in [0, 0.05) is 31.0 Å². The molecule has 1 aliphatic heterocycles. The van der Waals surface area contributed by atoms with Crippen LogP contribution in [0.3, 0.4) is 0 Å². The van der Waals surface area contributed by atoms with Crippen LogP contribution in [-0.4, -0.2) is 23.1 Å². The van der Waals surface area contributed by atoms with Crippen LogP contribution in [0, 0.1) is 5.92 Å². The maximum Gasteiger partial charge on any atom is 0.254 e. The second-order valence-electron chi connectivity index (χ2n) is 5.25. The van der Waals surface area contributed by atoms with E-state index in [1.54, 1.807) is 0 Å². The molecule has 2 aliphatic rings. The van der Waals surface area contributed by atoms with Crippen LogP contribution in [0.25, 0.3) is 0 Å². The van der Waals surface area contributed by atoms with Crippen LogP contribution in [0.5, 0.6) is 0 Å². The molecule has 1 fully saturated rings. The van der Waals surface area contributed by atoms with E-state index in [0.29, 0.717) is 25.3 Å². The molecule has 1 amide bonds. The van der Waals surface area contributed by atoms with Gasteiger partial charge in [0.1, 0.15) is 5.78 Å². The number of amides is 1. The molecule has 3 heteroatoms. The fraction of sp³-hybridized carbons (Fsp3) is 0.467. The minimum absolute atomic E-state index is 0.0667. The molecule has 1 atom stereocenters. The van der Waals surface area contributed by atoms with Crippen molar-refractivity contribution >= 4 is 11.7 Å². The Morgan fingerprint density at radius 1 is 1.17 bits per heavy atom. The Morgan fingerprint density at radius 2 is 2.00 bits per heavy atom. The number of fused-ring (bicyclic) bond motifs is 1. The van der Waals surface area contributed by atoms with Crippen LogP contribution >= 0.6 is 0 Å². The van der Waals surface area contributed by atoms with Crippen molar-refractivity contribution in [3.05, 3.63) is 35.4 Å². The molecule has 1 heterocycles. The fourth-order valence-electron chi connectivity index (χ4n) is 2.98. The molecule has 1 aliphatic carbocycles. The van der Waals surface area contributed by atoms with Gasteiger partial charge in [0.2, 0.25) is 0 Å². The molecule has 0 N–H and O–H groups in total. The molecule has 1 aromatic carbocycles. The number of carbonyl (C=O) groups excluding carboxylic acids is 2. The van der Waals surface area contributed by atoms with E-state index in [1.807, 2.05) is 29.2 Å². The van der Waals surface area contributed by atoms with Gasteiger partial charge in [-0.15, -0.1) is 0 Å². The molecule has 1 saturated carbocycles. The summed E-state index contributed by atoms with van der Waals surface area (Å²) in [4.78, 5) is 25.8. The molecular weight excluding hydrogens is 226 g/mol. The predicted octanol–water partition coefficient (Wildman–Crippen LogP) is 2.40. The Bertz CT molecular complexity index is 495. The van der Waals surface area contributed by atoms with E-state index in [4.69, 9.17) is 0 Å². The van der Waals surface area contributed by atoms with Gasteiger partial charge >= 0.3 is 0 Å². The Hall–Kier alpha value is -1.64. The first-order valence-electron chi connectivity index (χ1n) is 6.65. The summed E-state index contributed by atoms with van der Waals surface area (Å²) in [5.74, 6) is 0.492. The molecule has 1 aromatic rings. The number of Topliss-reactive ketones (excluding diaryl/α,β-unsaturated/α-hetero) is 1. The summed E-state index contributed by atoms with van der Waals surface area (Å²) in [5.41, 5.74) is 1.89. The molecule has 0 aromatic heterocycles. The Balaban J connectivity index is 1.73. The van der Waals surface area contributed by atoms with E-state index < -0.39 is 0 Å². The molecule has 3 rings (SSSR count). The van der Waals surface area contributed by atoms with Crippen molar-refractivity contribution in [3.63, 3.8) is 0 Å². The normalized spacial score (nSPS) is 23.3. The van der Waals surface area contributed by atoms with Gasteiger partial charge in [-0.2, -0.15) is 0 Å². The SMILES string of the molecule is O=C1CCCCC1CN1Cc2ccccc2C1=O. The lowest BCUT2D eigenvalue weighted by Gasteiger charge is -2.25. The standard InChI is InChI=1S/C15H17NO2/c17-14-8-4-2-6-12(14)10-16-9-11-5-1-3-7-13(11)15(16)18/h1,3,5,7,12H,2,4,6,8-10H2. The van der Waals surface area contributed by atoms with Gasteiger partial charge in [0.15, 0.2) is 0 Å². The summed E-state index contributed by atoms with van der Waals surface area (Å²) < 4.78 is 0. The molecule has 0 radical (unpaired) electrons. The van der Waals surface area contributed by atoms with Crippen molar-refractivity contribution in [2.24, 2.45) is 5.92 Å². The van der Waals surface area contributed by atoms with Crippen LogP contribution < -0.4 is 0 Å². The minimum atomic E-state index is 0.0667. The molecule has 18 heavy (non-hydrogen) atoms. The second kappa shape index (κ2) is 4.56. The highest BCUT2D eigenvalue weighted by atomic mass is 16.2. The second-order valence-corrected chi connectivity index (χ2v) is 5.25. The van der Waals surface area contributed by atoms with Gasteiger partial charge < -0.3 is 4.90 Å². The van der Waals surface area contributed by atoms with Gasteiger partial charge in [-0.25, -0.2) is 0 Å². The highest BCUT2D eigenvalue weighted by molar-refractivity contribution is 5.98. The summed E-state index contributed by atoms with van der Waals surface area (Å²) in [6.07, 6.45) is 3.77. The van der Waals surface area contributed by atoms with E-state index in [1.165, 1.54) is 0 Å². The monoisotopic (exact) mass is 243 g/mol. The third kappa shape index (κ3) is 1.94. The maximum atomic E-state index is 12.2. The molecule has 0 spiro atoms. The Labute approximate surface area is 107 Å². The highest BCUT2D eigenvalue weighted by Gasteiger charge is 2.31. The number of hydrogen-bond acceptors (Lipinski definition) is 2. The zero-order valence-corrected chi connectivity index (χ0v) is 10.4. The van der Waals surface area contributed by atoms with Crippen LogP contribution in [0.4, 0.5) is 0 Å². The number of hydrogen-bond donors (Lipinski definition) is 0. The van der Waals surface area contributed by atoms with Gasteiger partial charge in [0.25, 0.3) is 5.91 Å². The zero-order valence-electron chi connectivity index (χ0n) is 10.4. The molecule has 3 nitrogen and oxygen atoms in total. The Kier molecular flexibility index (Phi) is 2.90. The average molecular weight is 243 g/mol. The summed E-state index contributed by atoms with van der Waals surface area (Å²) in [6, 6.07) is 7.73. The third-order valence-electron chi connectivity index (χ3n) is 4.02. The van der Waals surface area contributed by atoms with Gasteiger partial charge in [-0.1, -0.05) is 24.6 Å². The third-order valence-corrected chi connectivity index (χ3v) is 4.02. The van der Waals surface area contributed by atoms with Gasteiger partial charge in [0.05, 0.1) is 0 Å². The molecular formula is C15H17NO2. The molecule has 0 bridgehead atoms. The summed E-state index contributed by atoms with van der Waals surface area (Å²) in [6.45, 7) is 1.27. The van der Waals surface area contributed by atoms with Gasteiger partial charge in [-0.3, -0.25) is 9.59 Å². The summed E-state index contributed by atoms with van der Waals surface area (Å²) in [7, 11) is 0. The quantitative estimate of drug-likeness (QED) is 0.800. The molecule has 1 unspecified atom stereocenters. The van der Waals surface area contributed by atoms with Crippen molar-refractivity contribution in [1.82, 2.24) is 4.90 Å². The minimum Gasteiger partial charge on any atom is -0.334 e. The lowest BCUT2D eigenvalue weighted by Crippen LogP contribution is -2.34. The fourth-order valence-corrected chi connectivity index (χ4v) is 2.98. The predicted molar refractivity (Wildman–Crippen MR) is 68.1 cm³/mol. The first kappa shape index (κ1) is 11.5. The lowest BCUT2D eigenvalue weighted by molar-refractivity contribution is -0.125. The summed E-state index contributed by atoms with van der Waals surface area (Å²) >= 11 is 0. The molecule has 94 valence electrons. The van der Waals surface area contributed by atoms with Gasteiger partial charge in [-0.05, 0) is 24.5 Å². The first-order valence-corrected chi connectivity index (χ1v) is 6.65. The Morgan fingerprint density at radius 3 is 2.78 bits per heavy atom. The van der Waals surface area contributed by atoms with E-state index in [2.05, 4.69) is 0 Å².